The highest BCUT2D eigenvalue weighted by Crippen LogP contribution is 2.45. The average molecular weight is 485 g/mol. The molecule has 1 heterocycles. The number of esters is 1. The molecule has 0 saturated heterocycles. The SMILES string of the molecule is Cc1cc(SC2=C(O)C[C@](CCc3ccc(O)cc3)(C(C)C)OC2=O)c(C(C)(C)C)cc1CO. The first kappa shape index (κ1) is 26.2. The van der Waals surface area contributed by atoms with Crippen LogP contribution in [-0.2, 0) is 28.0 Å². The standard InChI is InChI=1S/C28H36O5S/c1-17(2)28(12-11-19-7-9-21(30)10-8-19)15-23(31)25(26(32)33-28)34-24-13-18(3)20(16-29)14-22(24)27(4,5)6/h7-10,13-14,17,29-31H,11-12,15-16H2,1-6H3/t28-/m1/s1. The van der Waals surface area contributed by atoms with Crippen LogP contribution in [0.4, 0.5) is 0 Å². The highest BCUT2D eigenvalue weighted by atomic mass is 32.2. The predicted octanol–water partition coefficient (Wildman–Crippen LogP) is 6.33. The number of hydrogen-bond acceptors (Lipinski definition) is 6. The van der Waals surface area contributed by atoms with E-state index < -0.39 is 11.6 Å². The first-order valence-corrected chi connectivity index (χ1v) is 12.5. The second-order valence-electron chi connectivity index (χ2n) is 10.5. The van der Waals surface area contributed by atoms with Gasteiger partial charge in [0, 0.05) is 11.3 Å². The molecule has 0 aliphatic carbocycles. The van der Waals surface area contributed by atoms with Crippen molar-refractivity contribution in [2.24, 2.45) is 5.92 Å². The molecule has 1 aliphatic rings. The van der Waals surface area contributed by atoms with Crippen LogP contribution >= 0.6 is 11.8 Å². The number of aliphatic hydroxyl groups is 2. The molecule has 0 radical (unpaired) electrons. The van der Waals surface area contributed by atoms with E-state index in [0.717, 1.165) is 27.1 Å². The van der Waals surface area contributed by atoms with Crippen molar-refractivity contribution < 1.29 is 24.9 Å². The van der Waals surface area contributed by atoms with E-state index in [1.165, 1.54) is 11.8 Å². The molecule has 0 spiro atoms. The van der Waals surface area contributed by atoms with Gasteiger partial charge < -0.3 is 20.1 Å². The largest absolute Gasteiger partial charge is 0.511 e. The lowest BCUT2D eigenvalue weighted by atomic mass is 9.80. The number of aryl methyl sites for hydroxylation is 2. The molecule has 3 N–H and O–H groups in total. The van der Waals surface area contributed by atoms with Gasteiger partial charge in [0.15, 0.2) is 0 Å². The molecule has 184 valence electrons. The van der Waals surface area contributed by atoms with Crippen molar-refractivity contribution in [1.82, 2.24) is 0 Å². The topological polar surface area (TPSA) is 87.0 Å². The monoisotopic (exact) mass is 484 g/mol. The van der Waals surface area contributed by atoms with Crippen molar-refractivity contribution in [3.05, 3.63) is 69.3 Å². The molecule has 3 rings (SSSR count). The molecule has 1 aliphatic heterocycles. The number of carbonyl (C=O) groups excluding carboxylic acids is 1. The van der Waals surface area contributed by atoms with E-state index in [0.29, 0.717) is 12.8 Å². The number of cyclic esters (lactones) is 1. The van der Waals surface area contributed by atoms with Crippen LogP contribution in [0.15, 0.2) is 52.0 Å². The van der Waals surface area contributed by atoms with Crippen LogP contribution in [0.25, 0.3) is 0 Å². The van der Waals surface area contributed by atoms with Crippen LogP contribution in [0.3, 0.4) is 0 Å². The fourth-order valence-corrected chi connectivity index (χ4v) is 5.54. The predicted molar refractivity (Wildman–Crippen MR) is 136 cm³/mol. The van der Waals surface area contributed by atoms with Crippen molar-refractivity contribution in [2.75, 3.05) is 0 Å². The molecule has 0 unspecified atom stereocenters. The van der Waals surface area contributed by atoms with Crippen molar-refractivity contribution in [2.45, 2.75) is 83.3 Å². The molecule has 0 amide bonds. The third-order valence-electron chi connectivity index (χ3n) is 6.66. The molecule has 0 aromatic heterocycles. The Kier molecular flexibility index (Phi) is 7.73. The number of rotatable bonds is 7. The fraction of sp³-hybridized carbons (Fsp3) is 0.464. The lowest BCUT2D eigenvalue weighted by Crippen LogP contribution is -2.44. The Labute approximate surface area is 206 Å². The van der Waals surface area contributed by atoms with E-state index in [4.69, 9.17) is 4.74 Å². The molecular formula is C28H36O5S. The molecule has 2 aromatic rings. The summed E-state index contributed by atoms with van der Waals surface area (Å²) < 4.78 is 6.07. The molecule has 6 heteroatoms. The normalized spacial score (nSPS) is 19.0. The van der Waals surface area contributed by atoms with Crippen LogP contribution in [0.1, 0.15) is 69.7 Å². The molecule has 2 aromatic carbocycles. The number of ether oxygens (including phenoxy) is 1. The lowest BCUT2D eigenvalue weighted by Gasteiger charge is -2.40. The maximum Gasteiger partial charge on any atom is 0.349 e. The zero-order valence-electron chi connectivity index (χ0n) is 20.9. The fourth-order valence-electron chi connectivity index (χ4n) is 4.29. The Morgan fingerprint density at radius 1 is 1.12 bits per heavy atom. The minimum atomic E-state index is -0.799. The van der Waals surface area contributed by atoms with E-state index in [1.54, 1.807) is 12.1 Å². The van der Waals surface area contributed by atoms with E-state index in [9.17, 15) is 20.1 Å². The average Bonchev–Trinajstić information content (AvgIpc) is 2.75. The highest BCUT2D eigenvalue weighted by Gasteiger charge is 2.44. The van der Waals surface area contributed by atoms with Crippen LogP contribution in [0.2, 0.25) is 0 Å². The number of benzene rings is 2. The van der Waals surface area contributed by atoms with Gasteiger partial charge in [-0.15, -0.1) is 0 Å². The Morgan fingerprint density at radius 3 is 2.29 bits per heavy atom. The van der Waals surface area contributed by atoms with E-state index in [-0.39, 0.29) is 40.8 Å². The summed E-state index contributed by atoms with van der Waals surface area (Å²) in [6.45, 7) is 12.2. The number of hydrogen-bond donors (Lipinski definition) is 3. The number of thioether (sulfide) groups is 1. The smallest absolute Gasteiger partial charge is 0.349 e. The minimum Gasteiger partial charge on any atom is -0.511 e. The summed E-state index contributed by atoms with van der Waals surface area (Å²) in [5.74, 6) is -0.217. The summed E-state index contributed by atoms with van der Waals surface area (Å²) >= 11 is 1.24. The van der Waals surface area contributed by atoms with Crippen LogP contribution in [0.5, 0.6) is 5.75 Å². The second kappa shape index (κ2) is 10.0. The highest BCUT2D eigenvalue weighted by molar-refractivity contribution is 8.04. The Morgan fingerprint density at radius 2 is 1.76 bits per heavy atom. The summed E-state index contributed by atoms with van der Waals surface area (Å²) in [5.41, 5.74) is 2.83. The molecular weight excluding hydrogens is 448 g/mol. The molecule has 0 bridgehead atoms. The minimum absolute atomic E-state index is 0.0125. The van der Waals surface area contributed by atoms with Gasteiger partial charge >= 0.3 is 5.97 Å². The summed E-state index contributed by atoms with van der Waals surface area (Å²) in [4.78, 5) is 14.3. The van der Waals surface area contributed by atoms with Gasteiger partial charge in [0.25, 0.3) is 0 Å². The van der Waals surface area contributed by atoms with E-state index in [1.807, 2.05) is 45.0 Å². The molecule has 34 heavy (non-hydrogen) atoms. The third kappa shape index (κ3) is 5.61. The Balaban J connectivity index is 1.91. The zero-order chi connectivity index (χ0) is 25.3. The number of phenols is 1. The van der Waals surface area contributed by atoms with Gasteiger partial charge in [-0.3, -0.25) is 0 Å². The number of carbonyl (C=O) groups is 1. The summed E-state index contributed by atoms with van der Waals surface area (Å²) in [6, 6.07) is 11.0. The second-order valence-corrected chi connectivity index (χ2v) is 11.6. The number of aromatic hydroxyl groups is 1. The quantitative estimate of drug-likeness (QED) is 0.398. The first-order valence-electron chi connectivity index (χ1n) is 11.7. The zero-order valence-corrected chi connectivity index (χ0v) is 21.8. The van der Waals surface area contributed by atoms with Crippen molar-refractivity contribution in [3.8, 4) is 5.75 Å². The summed E-state index contributed by atoms with van der Waals surface area (Å²) in [5, 5.41) is 30.3. The first-order chi connectivity index (χ1) is 15.9. The van der Waals surface area contributed by atoms with E-state index >= 15 is 0 Å². The Bertz CT molecular complexity index is 1080. The van der Waals surface area contributed by atoms with Gasteiger partial charge in [-0.2, -0.15) is 0 Å². The molecule has 0 saturated carbocycles. The molecule has 0 fully saturated rings. The van der Waals surface area contributed by atoms with Gasteiger partial charge in [0.2, 0.25) is 0 Å². The van der Waals surface area contributed by atoms with Gasteiger partial charge in [-0.1, -0.05) is 64.6 Å². The third-order valence-corrected chi connectivity index (χ3v) is 7.83. The van der Waals surface area contributed by atoms with Gasteiger partial charge in [-0.25, -0.2) is 4.79 Å². The molecule has 5 nitrogen and oxygen atoms in total. The van der Waals surface area contributed by atoms with Crippen molar-refractivity contribution in [1.29, 1.82) is 0 Å². The van der Waals surface area contributed by atoms with Crippen LogP contribution in [0, 0.1) is 12.8 Å². The maximum absolute atomic E-state index is 13.2. The van der Waals surface area contributed by atoms with Crippen molar-refractivity contribution >= 4 is 17.7 Å². The van der Waals surface area contributed by atoms with Gasteiger partial charge in [0.05, 0.1) is 6.61 Å². The number of aliphatic hydroxyl groups excluding tert-OH is 2. The van der Waals surface area contributed by atoms with E-state index in [2.05, 4.69) is 20.8 Å². The van der Waals surface area contributed by atoms with Crippen molar-refractivity contribution in [3.63, 3.8) is 0 Å². The van der Waals surface area contributed by atoms with Gasteiger partial charge in [0.1, 0.15) is 22.0 Å². The molecule has 1 atom stereocenters. The summed E-state index contributed by atoms with van der Waals surface area (Å²) in [6.07, 6.45) is 1.49. The van der Waals surface area contributed by atoms with Gasteiger partial charge in [-0.05, 0) is 71.6 Å². The number of phenolic OH excluding ortho intramolecular Hbond substituents is 1. The Hall–Kier alpha value is -2.44. The van der Waals surface area contributed by atoms with Crippen LogP contribution in [-0.4, -0.2) is 26.9 Å². The lowest BCUT2D eigenvalue weighted by molar-refractivity contribution is -0.164. The maximum atomic E-state index is 13.2. The summed E-state index contributed by atoms with van der Waals surface area (Å²) in [7, 11) is 0. The van der Waals surface area contributed by atoms with Crippen LogP contribution < -0.4 is 0 Å².